The molecule has 158 valence electrons. The van der Waals surface area contributed by atoms with E-state index in [0.29, 0.717) is 18.6 Å². The molecule has 8 heteroatoms. The number of ether oxygens (including phenoxy) is 2. The Morgan fingerprint density at radius 1 is 1.25 bits per heavy atom. The summed E-state index contributed by atoms with van der Waals surface area (Å²) in [6.45, 7) is 6.80. The summed E-state index contributed by atoms with van der Waals surface area (Å²) in [5, 5.41) is 6.75. The molecule has 1 aromatic carbocycles. The van der Waals surface area contributed by atoms with E-state index in [-0.39, 0.29) is 11.5 Å². The summed E-state index contributed by atoms with van der Waals surface area (Å²) in [4.78, 5) is 7.08. The summed E-state index contributed by atoms with van der Waals surface area (Å²) in [5.41, 5.74) is 0.767. The van der Waals surface area contributed by atoms with Gasteiger partial charge in [-0.2, -0.15) is 8.78 Å². The molecule has 0 aliphatic carbocycles. The van der Waals surface area contributed by atoms with Gasteiger partial charge in [0, 0.05) is 31.7 Å². The zero-order valence-corrected chi connectivity index (χ0v) is 17.2. The highest BCUT2D eigenvalue weighted by Crippen LogP contribution is 2.29. The Morgan fingerprint density at radius 2 is 1.96 bits per heavy atom. The molecule has 0 amide bonds. The Hall–Kier alpha value is -2.09. The van der Waals surface area contributed by atoms with Crippen LogP contribution < -0.4 is 20.1 Å². The van der Waals surface area contributed by atoms with E-state index in [1.54, 1.807) is 18.2 Å². The van der Waals surface area contributed by atoms with E-state index >= 15 is 0 Å². The molecule has 1 fully saturated rings. The second-order valence-corrected chi connectivity index (χ2v) is 7.11. The summed E-state index contributed by atoms with van der Waals surface area (Å²) in [7, 11) is 1.42. The van der Waals surface area contributed by atoms with Crippen molar-refractivity contribution < 1.29 is 18.3 Å². The van der Waals surface area contributed by atoms with Crippen molar-refractivity contribution in [2.45, 2.75) is 58.9 Å². The molecule has 0 spiro atoms. The van der Waals surface area contributed by atoms with Gasteiger partial charge in [-0.15, -0.1) is 0 Å². The third kappa shape index (κ3) is 6.82. The number of nitrogens with zero attached hydrogens (tertiary/aromatic N) is 2. The maximum absolute atomic E-state index is 12.6. The first-order valence-corrected chi connectivity index (χ1v) is 9.83. The van der Waals surface area contributed by atoms with E-state index in [4.69, 9.17) is 4.74 Å². The van der Waals surface area contributed by atoms with Crippen LogP contribution >= 0.6 is 0 Å². The molecule has 0 aromatic heterocycles. The molecule has 0 unspecified atom stereocenters. The SMILES string of the molecule is CCNC(=NCc1ccc(OC)c(OC(F)F)c1)NC1CCN(C(C)C)CC1. The standard InChI is InChI=1S/C20H32F2N4O2/c1-5-23-20(25-16-8-10-26(11-9-16)14(2)3)24-13-15-6-7-17(27-4)18(12-15)28-19(21)22/h6-7,12,14,16,19H,5,8-11,13H2,1-4H3,(H2,23,24,25). The molecule has 1 heterocycles. The Balaban J connectivity index is 2.00. The van der Waals surface area contributed by atoms with Crippen molar-refractivity contribution >= 4 is 5.96 Å². The van der Waals surface area contributed by atoms with Gasteiger partial charge in [0.15, 0.2) is 17.5 Å². The molecular formula is C20H32F2N4O2. The highest BCUT2D eigenvalue weighted by molar-refractivity contribution is 5.80. The number of alkyl halides is 2. The zero-order valence-electron chi connectivity index (χ0n) is 17.2. The van der Waals surface area contributed by atoms with Gasteiger partial charge in [-0.25, -0.2) is 4.99 Å². The number of halogens is 2. The third-order valence-electron chi connectivity index (χ3n) is 4.81. The normalized spacial score (nSPS) is 16.5. The van der Waals surface area contributed by atoms with Gasteiger partial charge in [0.05, 0.1) is 13.7 Å². The minimum Gasteiger partial charge on any atom is -0.493 e. The number of benzene rings is 1. The van der Waals surface area contributed by atoms with Crippen molar-refractivity contribution in [1.29, 1.82) is 0 Å². The van der Waals surface area contributed by atoms with Gasteiger partial charge in [0.1, 0.15) is 0 Å². The van der Waals surface area contributed by atoms with E-state index in [1.165, 1.54) is 7.11 Å². The highest BCUT2D eigenvalue weighted by Gasteiger charge is 2.21. The van der Waals surface area contributed by atoms with Gasteiger partial charge in [0.25, 0.3) is 0 Å². The fraction of sp³-hybridized carbons (Fsp3) is 0.650. The number of hydrogen-bond acceptors (Lipinski definition) is 4. The second-order valence-electron chi connectivity index (χ2n) is 7.11. The van der Waals surface area contributed by atoms with Crippen molar-refractivity contribution in [3.05, 3.63) is 23.8 Å². The van der Waals surface area contributed by atoms with Crippen molar-refractivity contribution in [1.82, 2.24) is 15.5 Å². The molecule has 28 heavy (non-hydrogen) atoms. The van der Waals surface area contributed by atoms with Crippen LogP contribution in [-0.4, -0.2) is 56.3 Å². The number of nitrogens with one attached hydrogen (secondary N) is 2. The van der Waals surface area contributed by atoms with Crippen LogP contribution in [0.1, 0.15) is 39.2 Å². The molecule has 0 saturated carbocycles. The van der Waals surface area contributed by atoms with Gasteiger partial charge < -0.3 is 25.0 Å². The van der Waals surface area contributed by atoms with E-state index in [0.717, 1.165) is 44.0 Å². The lowest BCUT2D eigenvalue weighted by Gasteiger charge is -2.35. The van der Waals surface area contributed by atoms with Crippen LogP contribution in [0.5, 0.6) is 11.5 Å². The number of rotatable bonds is 8. The number of guanidine groups is 1. The zero-order chi connectivity index (χ0) is 20.5. The molecule has 0 radical (unpaired) electrons. The molecule has 1 aliphatic rings. The summed E-state index contributed by atoms with van der Waals surface area (Å²) in [6, 6.07) is 5.90. The molecule has 2 rings (SSSR count). The smallest absolute Gasteiger partial charge is 0.387 e. The Labute approximate surface area is 166 Å². The third-order valence-corrected chi connectivity index (χ3v) is 4.81. The molecule has 1 aromatic rings. The number of likely N-dealkylation sites (tertiary alicyclic amines) is 1. The van der Waals surface area contributed by atoms with Gasteiger partial charge in [-0.3, -0.25) is 0 Å². The highest BCUT2D eigenvalue weighted by atomic mass is 19.3. The lowest BCUT2D eigenvalue weighted by Crippen LogP contribution is -2.49. The fourth-order valence-electron chi connectivity index (χ4n) is 3.25. The first-order valence-electron chi connectivity index (χ1n) is 9.83. The number of methoxy groups -OCH3 is 1. The molecule has 6 nitrogen and oxygen atoms in total. The summed E-state index contributed by atoms with van der Waals surface area (Å²) in [5.74, 6) is 1.02. The maximum Gasteiger partial charge on any atom is 0.387 e. The van der Waals surface area contributed by atoms with Crippen LogP contribution in [0.15, 0.2) is 23.2 Å². The van der Waals surface area contributed by atoms with Gasteiger partial charge in [0.2, 0.25) is 0 Å². The number of aliphatic imine (C=N–C) groups is 1. The van der Waals surface area contributed by atoms with E-state index in [9.17, 15) is 8.78 Å². The van der Waals surface area contributed by atoms with Crippen LogP contribution in [0.25, 0.3) is 0 Å². The second kappa shape index (κ2) is 11.0. The first-order chi connectivity index (χ1) is 13.4. The molecular weight excluding hydrogens is 366 g/mol. The van der Waals surface area contributed by atoms with Crippen molar-refractivity contribution in [2.75, 3.05) is 26.7 Å². The van der Waals surface area contributed by atoms with Crippen LogP contribution in [0.3, 0.4) is 0 Å². The van der Waals surface area contributed by atoms with Crippen LogP contribution in [0, 0.1) is 0 Å². The summed E-state index contributed by atoms with van der Waals surface area (Å²) in [6.07, 6.45) is 2.13. The Bertz CT molecular complexity index is 633. The van der Waals surface area contributed by atoms with Crippen molar-refractivity contribution in [3.8, 4) is 11.5 Å². The van der Waals surface area contributed by atoms with Crippen molar-refractivity contribution in [3.63, 3.8) is 0 Å². The largest absolute Gasteiger partial charge is 0.493 e. The van der Waals surface area contributed by atoms with Gasteiger partial charge in [-0.05, 0) is 51.3 Å². The van der Waals surface area contributed by atoms with E-state index < -0.39 is 6.61 Å². The Morgan fingerprint density at radius 3 is 2.54 bits per heavy atom. The molecule has 1 saturated heterocycles. The minimum absolute atomic E-state index is 0.0178. The van der Waals surface area contributed by atoms with Gasteiger partial charge in [-0.1, -0.05) is 6.07 Å². The molecule has 0 atom stereocenters. The quantitative estimate of drug-likeness (QED) is 0.520. The maximum atomic E-state index is 12.6. The first kappa shape index (κ1) is 22.2. The average Bonchev–Trinajstić information content (AvgIpc) is 2.66. The monoisotopic (exact) mass is 398 g/mol. The summed E-state index contributed by atoms with van der Waals surface area (Å²) >= 11 is 0. The minimum atomic E-state index is -2.90. The molecule has 2 N–H and O–H groups in total. The Kier molecular flexibility index (Phi) is 8.76. The number of hydrogen-bond donors (Lipinski definition) is 2. The van der Waals surface area contributed by atoms with E-state index in [2.05, 4.69) is 39.1 Å². The fourth-order valence-corrected chi connectivity index (χ4v) is 3.25. The van der Waals surface area contributed by atoms with Crippen molar-refractivity contribution in [2.24, 2.45) is 4.99 Å². The predicted octanol–water partition coefficient (Wildman–Crippen LogP) is 3.22. The molecule has 1 aliphatic heterocycles. The topological polar surface area (TPSA) is 58.1 Å². The lowest BCUT2D eigenvalue weighted by atomic mass is 10.0. The lowest BCUT2D eigenvalue weighted by molar-refractivity contribution is -0.0512. The predicted molar refractivity (Wildman–Crippen MR) is 107 cm³/mol. The van der Waals surface area contributed by atoms with E-state index in [1.807, 2.05) is 6.92 Å². The number of piperidine rings is 1. The summed E-state index contributed by atoms with van der Waals surface area (Å²) < 4.78 is 34.8. The van der Waals surface area contributed by atoms with Gasteiger partial charge >= 0.3 is 6.61 Å². The van der Waals surface area contributed by atoms with Crippen LogP contribution in [0.2, 0.25) is 0 Å². The average molecular weight is 398 g/mol. The molecule has 0 bridgehead atoms. The van der Waals surface area contributed by atoms with Crippen LogP contribution in [0.4, 0.5) is 8.78 Å². The van der Waals surface area contributed by atoms with Crippen LogP contribution in [-0.2, 0) is 6.54 Å².